The molecule has 7 nitrogen and oxygen atoms in total. The van der Waals surface area contributed by atoms with Crippen molar-refractivity contribution in [2.75, 3.05) is 5.32 Å². The first kappa shape index (κ1) is 15.0. The SMILES string of the molecule is CC[C@@H]([C@H](C)O)n1ncn(-c2ccc(NC=O)cc2)c1=O. The van der Waals surface area contributed by atoms with Crippen molar-refractivity contribution < 1.29 is 9.90 Å². The fourth-order valence-electron chi connectivity index (χ4n) is 2.23. The summed E-state index contributed by atoms with van der Waals surface area (Å²) in [5.41, 5.74) is 0.978. The molecule has 1 aromatic carbocycles. The lowest BCUT2D eigenvalue weighted by Gasteiger charge is -2.16. The van der Waals surface area contributed by atoms with E-state index in [-0.39, 0.29) is 11.7 Å². The van der Waals surface area contributed by atoms with E-state index in [1.165, 1.54) is 15.6 Å². The summed E-state index contributed by atoms with van der Waals surface area (Å²) in [6, 6.07) is 6.46. The number of hydrogen-bond acceptors (Lipinski definition) is 4. The van der Waals surface area contributed by atoms with Gasteiger partial charge in [0.2, 0.25) is 6.41 Å². The molecular formula is C14H18N4O3. The number of nitrogens with zero attached hydrogens (tertiary/aromatic N) is 3. The van der Waals surface area contributed by atoms with Gasteiger partial charge in [-0.2, -0.15) is 5.10 Å². The smallest absolute Gasteiger partial charge is 0.350 e. The number of aromatic nitrogens is 3. The normalized spacial score (nSPS) is 13.7. The Labute approximate surface area is 121 Å². The molecule has 0 radical (unpaired) electrons. The molecule has 7 heteroatoms. The molecule has 2 aromatic rings. The number of aliphatic hydroxyl groups is 1. The van der Waals surface area contributed by atoms with Gasteiger partial charge in [0.1, 0.15) is 6.33 Å². The first-order valence-corrected chi connectivity index (χ1v) is 6.73. The Morgan fingerprint density at radius 1 is 1.38 bits per heavy atom. The van der Waals surface area contributed by atoms with Crippen LogP contribution < -0.4 is 11.0 Å². The predicted molar refractivity (Wildman–Crippen MR) is 78.5 cm³/mol. The van der Waals surface area contributed by atoms with Gasteiger partial charge in [0.25, 0.3) is 0 Å². The minimum Gasteiger partial charge on any atom is -0.391 e. The molecule has 0 fully saturated rings. The van der Waals surface area contributed by atoms with Gasteiger partial charge < -0.3 is 10.4 Å². The van der Waals surface area contributed by atoms with Gasteiger partial charge in [0.15, 0.2) is 0 Å². The molecule has 1 aromatic heterocycles. The van der Waals surface area contributed by atoms with E-state index >= 15 is 0 Å². The monoisotopic (exact) mass is 290 g/mol. The first-order valence-electron chi connectivity index (χ1n) is 6.73. The average molecular weight is 290 g/mol. The van der Waals surface area contributed by atoms with Gasteiger partial charge >= 0.3 is 5.69 Å². The van der Waals surface area contributed by atoms with Crippen molar-refractivity contribution in [2.24, 2.45) is 0 Å². The fourth-order valence-corrected chi connectivity index (χ4v) is 2.23. The van der Waals surface area contributed by atoms with E-state index < -0.39 is 6.10 Å². The Morgan fingerprint density at radius 3 is 2.57 bits per heavy atom. The second-order valence-corrected chi connectivity index (χ2v) is 4.75. The number of anilines is 1. The molecule has 0 aliphatic carbocycles. The highest BCUT2D eigenvalue weighted by Crippen LogP contribution is 2.14. The van der Waals surface area contributed by atoms with Gasteiger partial charge in [0.05, 0.1) is 17.8 Å². The standard InChI is InChI=1S/C14H18N4O3/c1-3-13(10(2)20)18-14(21)17(8-16-18)12-6-4-11(5-7-12)15-9-19/h4-10,13,20H,3H2,1-2H3,(H,15,19)/t10-,13-/m0/s1. The van der Waals surface area contributed by atoms with Crippen LogP contribution in [-0.4, -0.2) is 32.0 Å². The molecular weight excluding hydrogens is 272 g/mol. The third kappa shape index (κ3) is 3.03. The molecule has 0 saturated heterocycles. The summed E-state index contributed by atoms with van der Waals surface area (Å²) in [6.07, 6.45) is 1.97. The largest absolute Gasteiger partial charge is 0.391 e. The van der Waals surface area contributed by atoms with E-state index in [0.717, 1.165) is 0 Å². The number of nitrogens with one attached hydrogen (secondary N) is 1. The van der Waals surface area contributed by atoms with Crippen LogP contribution in [0.2, 0.25) is 0 Å². The van der Waals surface area contributed by atoms with Crippen LogP contribution in [0.25, 0.3) is 5.69 Å². The van der Waals surface area contributed by atoms with Gasteiger partial charge in [-0.05, 0) is 37.6 Å². The van der Waals surface area contributed by atoms with Crippen molar-refractivity contribution in [1.82, 2.24) is 14.3 Å². The van der Waals surface area contributed by atoms with E-state index in [9.17, 15) is 14.7 Å². The number of carbonyl (C=O) groups excluding carboxylic acids is 1. The summed E-state index contributed by atoms with van der Waals surface area (Å²) < 4.78 is 2.69. The topological polar surface area (TPSA) is 89.2 Å². The second-order valence-electron chi connectivity index (χ2n) is 4.75. The lowest BCUT2D eigenvalue weighted by Crippen LogP contribution is -2.32. The third-order valence-electron chi connectivity index (χ3n) is 3.35. The zero-order chi connectivity index (χ0) is 15.4. The van der Waals surface area contributed by atoms with Crippen LogP contribution in [0.1, 0.15) is 26.3 Å². The van der Waals surface area contributed by atoms with Crippen LogP contribution in [0.15, 0.2) is 35.4 Å². The summed E-state index contributed by atoms with van der Waals surface area (Å²) >= 11 is 0. The molecule has 1 heterocycles. The van der Waals surface area contributed by atoms with Crippen LogP contribution in [0.4, 0.5) is 5.69 Å². The highest BCUT2D eigenvalue weighted by atomic mass is 16.3. The number of aliphatic hydroxyl groups excluding tert-OH is 1. The fraction of sp³-hybridized carbons (Fsp3) is 0.357. The summed E-state index contributed by atoms with van der Waals surface area (Å²) in [5, 5.41) is 16.3. The van der Waals surface area contributed by atoms with E-state index in [4.69, 9.17) is 0 Å². The number of rotatable bonds is 6. The Morgan fingerprint density at radius 2 is 2.05 bits per heavy atom. The van der Waals surface area contributed by atoms with Gasteiger partial charge in [-0.3, -0.25) is 4.79 Å². The molecule has 0 aliphatic heterocycles. The average Bonchev–Trinajstić information content (AvgIpc) is 2.83. The van der Waals surface area contributed by atoms with E-state index in [1.54, 1.807) is 31.2 Å². The Kier molecular flexibility index (Phi) is 4.54. The van der Waals surface area contributed by atoms with E-state index in [2.05, 4.69) is 10.4 Å². The maximum absolute atomic E-state index is 12.4. The maximum atomic E-state index is 12.4. The van der Waals surface area contributed by atoms with Crippen LogP contribution in [0.5, 0.6) is 0 Å². The van der Waals surface area contributed by atoms with Crippen molar-refractivity contribution in [3.8, 4) is 5.69 Å². The molecule has 1 amide bonds. The van der Waals surface area contributed by atoms with Crippen molar-refractivity contribution in [2.45, 2.75) is 32.4 Å². The second kappa shape index (κ2) is 6.36. The molecule has 0 spiro atoms. The van der Waals surface area contributed by atoms with Crippen LogP contribution in [0.3, 0.4) is 0 Å². The Hall–Kier alpha value is -2.41. The molecule has 21 heavy (non-hydrogen) atoms. The number of hydrogen-bond donors (Lipinski definition) is 2. The van der Waals surface area contributed by atoms with Gasteiger partial charge in [-0.15, -0.1) is 0 Å². The highest BCUT2D eigenvalue weighted by molar-refractivity contribution is 5.71. The lowest BCUT2D eigenvalue weighted by atomic mass is 10.1. The van der Waals surface area contributed by atoms with Crippen LogP contribution in [0, 0.1) is 0 Å². The third-order valence-corrected chi connectivity index (χ3v) is 3.35. The maximum Gasteiger partial charge on any atom is 0.350 e. The summed E-state index contributed by atoms with van der Waals surface area (Å²) in [6.45, 7) is 3.53. The molecule has 0 aliphatic rings. The first-order chi connectivity index (χ1) is 10.1. The van der Waals surface area contributed by atoms with E-state index in [1.807, 2.05) is 6.92 Å². The highest BCUT2D eigenvalue weighted by Gasteiger charge is 2.19. The summed E-state index contributed by atoms with van der Waals surface area (Å²) in [7, 11) is 0. The number of carbonyl (C=O) groups is 1. The Balaban J connectivity index is 2.35. The molecule has 0 unspecified atom stereocenters. The molecule has 2 N–H and O–H groups in total. The van der Waals surface area contributed by atoms with E-state index in [0.29, 0.717) is 24.2 Å². The van der Waals surface area contributed by atoms with Gasteiger partial charge in [-0.1, -0.05) is 6.92 Å². The number of benzene rings is 1. The zero-order valence-corrected chi connectivity index (χ0v) is 11.9. The van der Waals surface area contributed by atoms with Crippen LogP contribution >= 0.6 is 0 Å². The lowest BCUT2D eigenvalue weighted by molar-refractivity contribution is -0.105. The Bertz CT molecular complexity index is 658. The van der Waals surface area contributed by atoms with Crippen LogP contribution in [-0.2, 0) is 4.79 Å². The molecule has 0 bridgehead atoms. The predicted octanol–water partition coefficient (Wildman–Crippen LogP) is 0.934. The molecule has 2 rings (SSSR count). The van der Waals surface area contributed by atoms with Gasteiger partial charge in [-0.25, -0.2) is 14.0 Å². The van der Waals surface area contributed by atoms with Crippen molar-refractivity contribution >= 4 is 12.1 Å². The minimum atomic E-state index is -0.657. The summed E-state index contributed by atoms with van der Waals surface area (Å²) in [5.74, 6) is 0. The minimum absolute atomic E-state index is 0.307. The molecule has 0 saturated carbocycles. The zero-order valence-electron chi connectivity index (χ0n) is 11.9. The number of amides is 1. The summed E-state index contributed by atoms with van der Waals surface area (Å²) in [4.78, 5) is 22.7. The molecule has 112 valence electrons. The molecule has 2 atom stereocenters. The van der Waals surface area contributed by atoms with Crippen molar-refractivity contribution in [3.63, 3.8) is 0 Å². The van der Waals surface area contributed by atoms with Gasteiger partial charge in [0, 0.05) is 5.69 Å². The quantitative estimate of drug-likeness (QED) is 0.775. The van der Waals surface area contributed by atoms with Crippen molar-refractivity contribution in [3.05, 3.63) is 41.1 Å². The van der Waals surface area contributed by atoms with Crippen molar-refractivity contribution in [1.29, 1.82) is 0 Å².